The third-order valence-electron chi connectivity index (χ3n) is 3.71. The van der Waals surface area contributed by atoms with E-state index in [-0.39, 0.29) is 17.6 Å². The first-order chi connectivity index (χ1) is 9.20. The maximum Gasteiger partial charge on any atom is 0.251 e. The van der Waals surface area contributed by atoms with Gasteiger partial charge in [0.05, 0.1) is 12.1 Å². The minimum Gasteiger partial charge on any atom is -0.366 e. The summed E-state index contributed by atoms with van der Waals surface area (Å²) in [5, 5.41) is 6.98. The standard InChI is InChI=1S/C14H17ClN2O2/c15-11-3-1-2-10(8-11)14(4-5-14)17-13(18)12-9-16-6-7-19-12/h1-3,8,12,16H,4-7,9H2,(H,17,18). The third kappa shape index (κ3) is 2.76. The molecule has 102 valence electrons. The number of hydrogen-bond donors (Lipinski definition) is 2. The van der Waals surface area contributed by atoms with Gasteiger partial charge in [-0.3, -0.25) is 4.79 Å². The maximum atomic E-state index is 12.2. The van der Waals surface area contributed by atoms with E-state index in [0.717, 1.165) is 24.9 Å². The van der Waals surface area contributed by atoms with Crippen molar-refractivity contribution in [3.05, 3.63) is 34.9 Å². The first-order valence-electron chi connectivity index (χ1n) is 6.60. The van der Waals surface area contributed by atoms with Crippen molar-refractivity contribution in [2.75, 3.05) is 19.7 Å². The molecule has 1 saturated heterocycles. The highest BCUT2D eigenvalue weighted by Gasteiger charge is 2.46. The number of rotatable bonds is 3. The molecule has 1 saturated carbocycles. The number of nitrogens with one attached hydrogen (secondary N) is 2. The van der Waals surface area contributed by atoms with Gasteiger partial charge in [-0.1, -0.05) is 23.7 Å². The van der Waals surface area contributed by atoms with Crippen LogP contribution in [0.3, 0.4) is 0 Å². The lowest BCUT2D eigenvalue weighted by Crippen LogP contribution is -2.50. The summed E-state index contributed by atoms with van der Waals surface area (Å²) < 4.78 is 5.47. The highest BCUT2D eigenvalue weighted by atomic mass is 35.5. The Morgan fingerprint density at radius 2 is 2.32 bits per heavy atom. The van der Waals surface area contributed by atoms with Crippen molar-refractivity contribution < 1.29 is 9.53 Å². The second-order valence-electron chi connectivity index (χ2n) is 5.15. The lowest BCUT2D eigenvalue weighted by atomic mass is 10.0. The van der Waals surface area contributed by atoms with Crippen molar-refractivity contribution in [3.63, 3.8) is 0 Å². The molecule has 5 heteroatoms. The highest BCUT2D eigenvalue weighted by Crippen LogP contribution is 2.46. The van der Waals surface area contributed by atoms with E-state index in [9.17, 15) is 4.79 Å². The van der Waals surface area contributed by atoms with Crippen LogP contribution in [0.5, 0.6) is 0 Å². The Kier molecular flexibility index (Phi) is 3.48. The fourth-order valence-corrected chi connectivity index (χ4v) is 2.64. The lowest BCUT2D eigenvalue weighted by molar-refractivity contribution is -0.135. The summed E-state index contributed by atoms with van der Waals surface area (Å²) in [6.45, 7) is 1.98. The molecular weight excluding hydrogens is 264 g/mol. The topological polar surface area (TPSA) is 50.4 Å². The number of morpholine rings is 1. The van der Waals surface area contributed by atoms with E-state index in [1.54, 1.807) is 0 Å². The second kappa shape index (κ2) is 5.12. The average Bonchev–Trinajstić information content (AvgIpc) is 3.21. The minimum absolute atomic E-state index is 0.0373. The Morgan fingerprint density at radius 3 is 2.95 bits per heavy atom. The molecule has 4 nitrogen and oxygen atoms in total. The van der Waals surface area contributed by atoms with Gasteiger partial charge in [-0.25, -0.2) is 0 Å². The molecule has 0 radical (unpaired) electrons. The van der Waals surface area contributed by atoms with Crippen LogP contribution in [0, 0.1) is 0 Å². The van der Waals surface area contributed by atoms with Crippen LogP contribution in [0.15, 0.2) is 24.3 Å². The molecule has 1 aromatic rings. The van der Waals surface area contributed by atoms with E-state index in [0.29, 0.717) is 18.2 Å². The van der Waals surface area contributed by atoms with Crippen LogP contribution in [0.4, 0.5) is 0 Å². The fourth-order valence-electron chi connectivity index (χ4n) is 2.45. The molecule has 1 aliphatic carbocycles. The zero-order valence-electron chi connectivity index (χ0n) is 10.6. The van der Waals surface area contributed by atoms with Gasteiger partial charge in [-0.05, 0) is 30.5 Å². The summed E-state index contributed by atoms with van der Waals surface area (Å²) in [6.07, 6.45) is 1.53. The first-order valence-corrected chi connectivity index (χ1v) is 6.98. The maximum absolute atomic E-state index is 12.2. The molecule has 0 bridgehead atoms. The van der Waals surface area contributed by atoms with Crippen LogP contribution in [0.1, 0.15) is 18.4 Å². The Balaban J connectivity index is 1.70. The largest absolute Gasteiger partial charge is 0.366 e. The van der Waals surface area contributed by atoms with E-state index < -0.39 is 0 Å². The molecule has 1 heterocycles. The van der Waals surface area contributed by atoms with Crippen LogP contribution in [-0.2, 0) is 15.1 Å². The molecule has 1 aromatic carbocycles. The smallest absolute Gasteiger partial charge is 0.251 e. The fraction of sp³-hybridized carbons (Fsp3) is 0.500. The Labute approximate surface area is 117 Å². The number of carbonyl (C=O) groups is 1. The highest BCUT2D eigenvalue weighted by molar-refractivity contribution is 6.30. The summed E-state index contributed by atoms with van der Waals surface area (Å²) in [5.41, 5.74) is 0.847. The van der Waals surface area contributed by atoms with E-state index in [4.69, 9.17) is 16.3 Å². The molecule has 2 fully saturated rings. The number of ether oxygens (including phenoxy) is 1. The molecule has 1 unspecified atom stereocenters. The molecular formula is C14H17ClN2O2. The van der Waals surface area contributed by atoms with Gasteiger partial charge in [0.1, 0.15) is 6.10 Å². The number of carbonyl (C=O) groups excluding carboxylic acids is 1. The summed E-state index contributed by atoms with van der Waals surface area (Å²) in [4.78, 5) is 12.2. The molecule has 3 rings (SSSR count). The molecule has 19 heavy (non-hydrogen) atoms. The van der Waals surface area contributed by atoms with Crippen molar-refractivity contribution in [1.82, 2.24) is 10.6 Å². The van der Waals surface area contributed by atoms with Crippen molar-refractivity contribution in [3.8, 4) is 0 Å². The number of benzene rings is 1. The Morgan fingerprint density at radius 1 is 1.47 bits per heavy atom. The summed E-state index contributed by atoms with van der Waals surface area (Å²) in [5.74, 6) is -0.0373. The lowest BCUT2D eigenvalue weighted by Gasteiger charge is -2.26. The first kappa shape index (κ1) is 12.9. The summed E-state index contributed by atoms with van der Waals surface area (Å²) in [6, 6.07) is 7.70. The molecule has 2 aliphatic rings. The van der Waals surface area contributed by atoms with Crippen LogP contribution < -0.4 is 10.6 Å². The van der Waals surface area contributed by atoms with Gasteiger partial charge in [0.15, 0.2) is 0 Å². The van der Waals surface area contributed by atoms with Gasteiger partial charge in [0, 0.05) is 18.1 Å². The molecule has 1 amide bonds. The molecule has 0 aromatic heterocycles. The van der Waals surface area contributed by atoms with Crippen LogP contribution >= 0.6 is 11.6 Å². The zero-order valence-corrected chi connectivity index (χ0v) is 11.4. The van der Waals surface area contributed by atoms with Gasteiger partial charge in [0.2, 0.25) is 0 Å². The van der Waals surface area contributed by atoms with Gasteiger partial charge < -0.3 is 15.4 Å². The number of amides is 1. The second-order valence-corrected chi connectivity index (χ2v) is 5.58. The van der Waals surface area contributed by atoms with Gasteiger partial charge >= 0.3 is 0 Å². The predicted molar refractivity (Wildman–Crippen MR) is 73.1 cm³/mol. The summed E-state index contributed by atoms with van der Waals surface area (Å²) in [7, 11) is 0. The Bertz CT molecular complexity index is 482. The summed E-state index contributed by atoms with van der Waals surface area (Å²) >= 11 is 6.02. The van der Waals surface area contributed by atoms with Gasteiger partial charge in [-0.15, -0.1) is 0 Å². The quantitative estimate of drug-likeness (QED) is 0.881. The average molecular weight is 281 g/mol. The van der Waals surface area contributed by atoms with Crippen LogP contribution in [-0.4, -0.2) is 31.7 Å². The van der Waals surface area contributed by atoms with Crippen molar-refractivity contribution in [2.24, 2.45) is 0 Å². The van der Waals surface area contributed by atoms with E-state index in [1.165, 1.54) is 0 Å². The molecule has 1 atom stereocenters. The number of hydrogen-bond acceptors (Lipinski definition) is 3. The third-order valence-corrected chi connectivity index (χ3v) is 3.94. The molecule has 0 spiro atoms. The van der Waals surface area contributed by atoms with Crippen LogP contribution in [0.2, 0.25) is 5.02 Å². The minimum atomic E-state index is -0.384. The number of halogens is 1. The van der Waals surface area contributed by atoms with E-state index in [2.05, 4.69) is 10.6 Å². The van der Waals surface area contributed by atoms with E-state index >= 15 is 0 Å². The molecule has 1 aliphatic heterocycles. The van der Waals surface area contributed by atoms with Gasteiger partial charge in [-0.2, -0.15) is 0 Å². The normalized spacial score (nSPS) is 24.8. The Hall–Kier alpha value is -1.10. The predicted octanol–water partition coefficient (Wildman–Crippen LogP) is 1.43. The van der Waals surface area contributed by atoms with Crippen LogP contribution in [0.25, 0.3) is 0 Å². The zero-order chi connectivity index (χ0) is 13.3. The molecule has 2 N–H and O–H groups in total. The van der Waals surface area contributed by atoms with Gasteiger partial charge in [0.25, 0.3) is 5.91 Å². The monoisotopic (exact) mass is 280 g/mol. The van der Waals surface area contributed by atoms with Crippen molar-refractivity contribution in [2.45, 2.75) is 24.5 Å². The van der Waals surface area contributed by atoms with Crippen molar-refractivity contribution in [1.29, 1.82) is 0 Å². The van der Waals surface area contributed by atoms with Crippen molar-refractivity contribution >= 4 is 17.5 Å². The SMILES string of the molecule is O=C(NC1(c2cccc(Cl)c2)CC1)C1CNCCO1. The van der Waals surface area contributed by atoms with E-state index in [1.807, 2.05) is 24.3 Å².